The number of hydrogen-bond donors (Lipinski definition) is 2. The van der Waals surface area contributed by atoms with Gasteiger partial charge in [0, 0.05) is 23.9 Å². The van der Waals surface area contributed by atoms with Crippen LogP contribution in [0.15, 0.2) is 42.5 Å². The van der Waals surface area contributed by atoms with Crippen molar-refractivity contribution in [1.29, 1.82) is 0 Å². The number of hydrogen-bond acceptors (Lipinski definition) is 4. The van der Waals surface area contributed by atoms with Gasteiger partial charge < -0.3 is 10.6 Å². The Bertz CT molecular complexity index is 800. The Labute approximate surface area is 162 Å². The van der Waals surface area contributed by atoms with Crippen molar-refractivity contribution in [3.8, 4) is 0 Å². The van der Waals surface area contributed by atoms with E-state index in [0.717, 1.165) is 5.56 Å². The van der Waals surface area contributed by atoms with Crippen molar-refractivity contribution in [1.82, 2.24) is 0 Å². The molecule has 0 aliphatic carbocycles. The molecule has 2 aromatic carbocycles. The first-order chi connectivity index (χ1) is 12.5. The zero-order valence-corrected chi connectivity index (χ0v) is 16.5. The lowest BCUT2D eigenvalue weighted by atomic mass is 10.1. The Morgan fingerprint density at radius 1 is 0.962 bits per heavy atom. The first-order valence-electron chi connectivity index (χ1n) is 8.56. The highest BCUT2D eigenvalue weighted by atomic mass is 32.2. The molecule has 6 heteroatoms. The number of thioether (sulfide) groups is 2. The fourth-order valence-corrected chi connectivity index (χ4v) is 5.66. The van der Waals surface area contributed by atoms with Crippen molar-refractivity contribution < 1.29 is 9.59 Å². The molecular weight excluding hydrogens is 364 g/mol. The van der Waals surface area contributed by atoms with Crippen LogP contribution in [-0.4, -0.2) is 23.3 Å². The predicted molar refractivity (Wildman–Crippen MR) is 112 cm³/mol. The summed E-state index contributed by atoms with van der Waals surface area (Å²) >= 11 is 3.94. The summed E-state index contributed by atoms with van der Waals surface area (Å²) in [6.07, 6.45) is 1.27. The van der Waals surface area contributed by atoms with Gasteiger partial charge in [-0.1, -0.05) is 18.2 Å². The van der Waals surface area contributed by atoms with Crippen molar-refractivity contribution in [2.24, 2.45) is 0 Å². The first kappa shape index (κ1) is 18.9. The lowest BCUT2D eigenvalue weighted by Crippen LogP contribution is -2.14. The number of carbonyl (C=O) groups excluding carboxylic acids is 2. The normalized spacial score (nSPS) is 14.7. The second kappa shape index (κ2) is 8.64. The lowest BCUT2D eigenvalue weighted by Gasteiger charge is -2.21. The first-order valence-corrected chi connectivity index (χ1v) is 10.7. The Morgan fingerprint density at radius 3 is 2.19 bits per heavy atom. The molecule has 2 N–H and O–H groups in total. The summed E-state index contributed by atoms with van der Waals surface area (Å²) in [6, 6.07) is 13.3. The van der Waals surface area contributed by atoms with Crippen molar-refractivity contribution in [3.63, 3.8) is 0 Å². The third-order valence-electron chi connectivity index (χ3n) is 4.16. The summed E-state index contributed by atoms with van der Waals surface area (Å²) in [4.78, 5) is 23.9. The summed E-state index contributed by atoms with van der Waals surface area (Å²) in [5.41, 5.74) is 4.13. The Balaban J connectivity index is 1.71. The van der Waals surface area contributed by atoms with Gasteiger partial charge in [0.15, 0.2) is 0 Å². The number of rotatable bonds is 4. The van der Waals surface area contributed by atoms with Crippen LogP contribution < -0.4 is 10.6 Å². The molecule has 0 spiro atoms. The highest BCUT2D eigenvalue weighted by Crippen LogP contribution is 2.43. The van der Waals surface area contributed by atoms with Crippen LogP contribution in [0.2, 0.25) is 0 Å². The summed E-state index contributed by atoms with van der Waals surface area (Å²) in [6.45, 7) is 3.34. The van der Waals surface area contributed by atoms with Crippen LogP contribution in [0.5, 0.6) is 0 Å². The van der Waals surface area contributed by atoms with E-state index in [0.29, 0.717) is 21.5 Å². The van der Waals surface area contributed by atoms with Crippen LogP contribution in [0.4, 0.5) is 11.4 Å². The van der Waals surface area contributed by atoms with Gasteiger partial charge in [-0.3, -0.25) is 9.59 Å². The average Bonchev–Trinajstić information content (AvgIpc) is 2.65. The van der Waals surface area contributed by atoms with Crippen molar-refractivity contribution >= 4 is 46.7 Å². The maximum Gasteiger partial charge on any atom is 0.255 e. The summed E-state index contributed by atoms with van der Waals surface area (Å²) < 4.78 is 0.470. The number of amides is 2. The van der Waals surface area contributed by atoms with E-state index in [2.05, 4.69) is 10.6 Å². The summed E-state index contributed by atoms with van der Waals surface area (Å²) in [5, 5.41) is 5.71. The molecule has 1 saturated heterocycles. The minimum Gasteiger partial charge on any atom is -0.326 e. The van der Waals surface area contributed by atoms with Gasteiger partial charge in [0.05, 0.1) is 4.58 Å². The largest absolute Gasteiger partial charge is 0.326 e. The van der Waals surface area contributed by atoms with Crippen LogP contribution in [0.3, 0.4) is 0 Å². The zero-order chi connectivity index (χ0) is 18.5. The third kappa shape index (κ3) is 4.62. The molecule has 1 fully saturated rings. The fraction of sp³-hybridized carbons (Fsp3) is 0.300. The van der Waals surface area contributed by atoms with Crippen molar-refractivity contribution in [2.75, 3.05) is 22.1 Å². The van der Waals surface area contributed by atoms with E-state index in [1.54, 1.807) is 0 Å². The Morgan fingerprint density at radius 2 is 1.58 bits per heavy atom. The second-order valence-corrected chi connectivity index (χ2v) is 8.89. The Hall–Kier alpha value is -1.92. The standard InChI is InChI=1S/C20H22N2O2S2/c1-13-17(21-14(2)23)5-3-6-18(13)22-19(24)15-7-9-16(10-8-15)20-25-11-4-12-26-20/h3,5-10,20H,4,11-12H2,1-2H3,(H,21,23)(H,22,24). The van der Waals surface area contributed by atoms with Crippen LogP contribution in [-0.2, 0) is 4.79 Å². The van der Waals surface area contributed by atoms with Gasteiger partial charge in [-0.05, 0) is 60.2 Å². The average molecular weight is 387 g/mol. The summed E-state index contributed by atoms with van der Waals surface area (Å²) in [5.74, 6) is 2.11. The summed E-state index contributed by atoms with van der Waals surface area (Å²) in [7, 11) is 0. The number of carbonyl (C=O) groups is 2. The molecule has 0 radical (unpaired) electrons. The quantitative estimate of drug-likeness (QED) is 0.770. The van der Waals surface area contributed by atoms with Gasteiger partial charge in [0.2, 0.25) is 5.91 Å². The predicted octanol–water partition coefficient (Wildman–Crippen LogP) is 5.07. The van der Waals surface area contributed by atoms with E-state index < -0.39 is 0 Å². The maximum atomic E-state index is 12.6. The molecule has 0 saturated carbocycles. The zero-order valence-electron chi connectivity index (χ0n) is 14.9. The molecule has 136 valence electrons. The number of nitrogens with one attached hydrogen (secondary N) is 2. The van der Waals surface area contributed by atoms with E-state index in [1.807, 2.05) is 72.9 Å². The lowest BCUT2D eigenvalue weighted by molar-refractivity contribution is -0.114. The second-order valence-electron chi connectivity index (χ2n) is 6.16. The SMILES string of the molecule is CC(=O)Nc1cccc(NC(=O)c2ccc(C3SCCCS3)cc2)c1C. The molecule has 0 atom stereocenters. The van der Waals surface area contributed by atoms with Crippen molar-refractivity contribution in [3.05, 3.63) is 59.2 Å². The Kier molecular flexibility index (Phi) is 6.27. The van der Waals surface area contributed by atoms with Crippen LogP contribution in [0, 0.1) is 6.92 Å². The molecule has 4 nitrogen and oxygen atoms in total. The molecule has 1 aliphatic rings. The smallest absolute Gasteiger partial charge is 0.255 e. The number of benzene rings is 2. The molecule has 2 aromatic rings. The van der Waals surface area contributed by atoms with Gasteiger partial charge >= 0.3 is 0 Å². The highest BCUT2D eigenvalue weighted by molar-refractivity contribution is 8.16. The molecule has 0 aromatic heterocycles. The topological polar surface area (TPSA) is 58.2 Å². The van der Waals surface area contributed by atoms with Gasteiger partial charge in [0.25, 0.3) is 5.91 Å². The fourth-order valence-electron chi connectivity index (χ4n) is 2.76. The molecule has 0 bridgehead atoms. The van der Waals surface area contributed by atoms with Crippen LogP contribution in [0.1, 0.15) is 39.4 Å². The van der Waals surface area contributed by atoms with Gasteiger partial charge in [-0.25, -0.2) is 0 Å². The van der Waals surface area contributed by atoms with Gasteiger partial charge in [-0.15, -0.1) is 23.5 Å². The minimum absolute atomic E-state index is 0.134. The monoisotopic (exact) mass is 386 g/mol. The van der Waals surface area contributed by atoms with E-state index in [1.165, 1.54) is 30.4 Å². The van der Waals surface area contributed by atoms with E-state index in [-0.39, 0.29) is 11.8 Å². The molecule has 2 amide bonds. The van der Waals surface area contributed by atoms with Gasteiger partial charge in [-0.2, -0.15) is 0 Å². The molecule has 0 unspecified atom stereocenters. The molecule has 1 heterocycles. The minimum atomic E-state index is -0.149. The number of anilines is 2. The highest BCUT2D eigenvalue weighted by Gasteiger charge is 2.17. The molecule has 1 aliphatic heterocycles. The van der Waals surface area contributed by atoms with Crippen LogP contribution >= 0.6 is 23.5 Å². The van der Waals surface area contributed by atoms with E-state index >= 15 is 0 Å². The van der Waals surface area contributed by atoms with E-state index in [9.17, 15) is 9.59 Å². The molecular formula is C20H22N2O2S2. The third-order valence-corrected chi connectivity index (χ3v) is 7.18. The van der Waals surface area contributed by atoms with E-state index in [4.69, 9.17) is 0 Å². The van der Waals surface area contributed by atoms with Gasteiger partial charge in [0.1, 0.15) is 0 Å². The maximum absolute atomic E-state index is 12.6. The molecule has 3 rings (SSSR count). The van der Waals surface area contributed by atoms with Crippen molar-refractivity contribution in [2.45, 2.75) is 24.9 Å². The molecule has 26 heavy (non-hydrogen) atoms. The van der Waals surface area contributed by atoms with Crippen LogP contribution in [0.25, 0.3) is 0 Å².